The van der Waals surface area contributed by atoms with E-state index in [1.165, 1.54) is 7.11 Å². The molecule has 0 aromatic heterocycles. The van der Waals surface area contributed by atoms with Crippen molar-refractivity contribution in [1.29, 1.82) is 0 Å². The van der Waals surface area contributed by atoms with Gasteiger partial charge in [0, 0.05) is 17.9 Å². The van der Waals surface area contributed by atoms with Crippen LogP contribution in [-0.4, -0.2) is 25.7 Å². The third kappa shape index (κ3) is 3.84. The van der Waals surface area contributed by atoms with Gasteiger partial charge in [-0.05, 0) is 25.5 Å². The van der Waals surface area contributed by atoms with Crippen LogP contribution in [0.15, 0.2) is 30.2 Å². The molecule has 0 saturated heterocycles. The Morgan fingerprint density at radius 2 is 2.00 bits per heavy atom. The molecule has 1 aromatic rings. The molecule has 1 aliphatic heterocycles. The maximum absolute atomic E-state index is 12.7. The number of nitrogens with one attached hydrogen (secondary N) is 1. The minimum absolute atomic E-state index is 0.0455. The maximum atomic E-state index is 12.7. The normalized spacial score (nSPS) is 14.7. The van der Waals surface area contributed by atoms with Crippen LogP contribution in [0.5, 0.6) is 0 Å². The van der Waals surface area contributed by atoms with Crippen LogP contribution in [0.2, 0.25) is 5.82 Å². The zero-order valence-electron chi connectivity index (χ0n) is 14.3. The largest absolute Gasteiger partial charge is 0.469 e. The topological polar surface area (TPSA) is 55.4 Å². The molecule has 0 spiro atoms. The first-order valence-corrected chi connectivity index (χ1v) is 8.04. The molecule has 0 bridgehead atoms. The van der Waals surface area contributed by atoms with E-state index < -0.39 is 5.41 Å². The molecular weight excluding hydrogens is 289 g/mol. The average Bonchev–Trinajstić information content (AvgIpc) is 2.54. The molecule has 0 saturated carbocycles. The molecule has 1 unspecified atom stereocenters. The zero-order valence-corrected chi connectivity index (χ0v) is 14.3. The molecule has 1 aliphatic rings. The zero-order chi connectivity index (χ0) is 17.0. The predicted molar refractivity (Wildman–Crippen MR) is 94.3 cm³/mol. The van der Waals surface area contributed by atoms with Crippen LogP contribution in [0.1, 0.15) is 39.2 Å². The fraction of sp³-hybridized carbons (Fsp3) is 0.444. The Labute approximate surface area is 138 Å². The Balaban J connectivity index is 2.12. The second-order valence-corrected chi connectivity index (χ2v) is 6.65. The summed E-state index contributed by atoms with van der Waals surface area (Å²) in [5, 5.41) is 3.43. The van der Waals surface area contributed by atoms with Crippen LogP contribution in [-0.2, 0) is 14.3 Å². The van der Waals surface area contributed by atoms with Gasteiger partial charge >= 0.3 is 5.97 Å². The van der Waals surface area contributed by atoms with Crippen molar-refractivity contribution in [3.8, 4) is 0 Å². The summed E-state index contributed by atoms with van der Waals surface area (Å²) in [6.45, 7) is 5.46. The second kappa shape index (κ2) is 7.03. The molecule has 122 valence electrons. The van der Waals surface area contributed by atoms with Gasteiger partial charge in [0.2, 0.25) is 0 Å². The first-order valence-electron chi connectivity index (χ1n) is 8.04. The van der Waals surface area contributed by atoms with Crippen LogP contribution in [0.3, 0.4) is 0 Å². The van der Waals surface area contributed by atoms with E-state index in [0.717, 1.165) is 17.7 Å². The van der Waals surface area contributed by atoms with E-state index in [1.54, 1.807) is 13.8 Å². The van der Waals surface area contributed by atoms with Gasteiger partial charge in [-0.25, -0.2) is 0 Å². The minimum atomic E-state index is -0.796. The SMILES string of the molecule is CCC(B1C=Cc2ccccc2N1)C(=O)CC(C)(C)C(=O)OC. The molecule has 1 aromatic carbocycles. The van der Waals surface area contributed by atoms with E-state index in [9.17, 15) is 9.59 Å². The highest BCUT2D eigenvalue weighted by Gasteiger charge is 2.37. The average molecular weight is 313 g/mol. The van der Waals surface area contributed by atoms with Gasteiger partial charge in [-0.15, -0.1) is 0 Å². The predicted octanol–water partition coefficient (Wildman–Crippen LogP) is 3.59. The molecule has 0 fully saturated rings. The van der Waals surface area contributed by atoms with Crippen LogP contribution in [0.4, 0.5) is 5.69 Å². The van der Waals surface area contributed by atoms with Crippen LogP contribution in [0.25, 0.3) is 6.08 Å². The van der Waals surface area contributed by atoms with Gasteiger partial charge in [0.25, 0.3) is 6.85 Å². The summed E-state index contributed by atoms with van der Waals surface area (Å²) in [6.07, 6.45) is 2.96. The Kier molecular flexibility index (Phi) is 5.29. The molecule has 0 radical (unpaired) electrons. The Bertz CT molecular complexity index is 624. The lowest BCUT2D eigenvalue weighted by molar-refractivity contribution is -0.152. The quantitative estimate of drug-likeness (QED) is 0.644. The molecule has 1 atom stereocenters. The lowest BCUT2D eigenvalue weighted by Crippen LogP contribution is -2.38. The maximum Gasteiger partial charge on any atom is 0.311 e. The van der Waals surface area contributed by atoms with Crippen LogP contribution in [0, 0.1) is 5.41 Å². The summed E-state index contributed by atoms with van der Waals surface area (Å²) >= 11 is 0. The van der Waals surface area contributed by atoms with Crippen LogP contribution >= 0.6 is 0 Å². The minimum Gasteiger partial charge on any atom is -0.469 e. The molecule has 2 rings (SSSR count). The number of benzene rings is 1. The Morgan fingerprint density at radius 1 is 1.30 bits per heavy atom. The van der Waals surface area contributed by atoms with E-state index in [2.05, 4.69) is 11.3 Å². The van der Waals surface area contributed by atoms with Gasteiger partial charge < -0.3 is 14.8 Å². The molecular formula is C18H24BNO3. The number of para-hydroxylation sites is 1. The number of carbonyl (C=O) groups excluding carboxylic acids is 2. The van der Waals surface area contributed by atoms with Gasteiger partial charge in [0.15, 0.2) is 0 Å². The van der Waals surface area contributed by atoms with E-state index >= 15 is 0 Å². The van der Waals surface area contributed by atoms with Crippen molar-refractivity contribution in [1.82, 2.24) is 0 Å². The first-order chi connectivity index (χ1) is 10.9. The number of rotatable bonds is 6. The van der Waals surface area contributed by atoms with Crippen molar-refractivity contribution >= 4 is 30.4 Å². The third-order valence-corrected chi connectivity index (χ3v) is 4.41. The number of ketones is 1. The van der Waals surface area contributed by atoms with Crippen molar-refractivity contribution < 1.29 is 14.3 Å². The summed E-state index contributed by atoms with van der Waals surface area (Å²) < 4.78 is 4.80. The van der Waals surface area contributed by atoms with E-state index in [4.69, 9.17) is 4.74 Å². The standard InChI is InChI=1S/C18H24BNO3/c1-5-14(16(21)12-18(2,3)17(22)23-4)19-11-10-13-8-6-7-9-15(13)20-19/h6-11,14,20H,5,12H2,1-4H3. The number of Topliss-reactive ketones (excluding diaryl/α,β-unsaturated/α-hetero) is 1. The summed E-state index contributed by atoms with van der Waals surface area (Å²) in [5.74, 6) is 1.62. The van der Waals surface area contributed by atoms with Crippen LogP contribution < -0.4 is 5.23 Å². The monoisotopic (exact) mass is 313 g/mol. The smallest absolute Gasteiger partial charge is 0.311 e. The number of anilines is 1. The van der Waals surface area contributed by atoms with Crippen molar-refractivity contribution in [3.63, 3.8) is 0 Å². The Hall–Kier alpha value is -2.04. The highest BCUT2D eigenvalue weighted by Crippen LogP contribution is 2.32. The summed E-state index contributed by atoms with van der Waals surface area (Å²) in [4.78, 5) is 24.6. The lowest BCUT2D eigenvalue weighted by atomic mass is 9.47. The van der Waals surface area contributed by atoms with Crippen molar-refractivity contribution in [2.75, 3.05) is 12.3 Å². The van der Waals surface area contributed by atoms with Gasteiger partial charge in [0.1, 0.15) is 5.78 Å². The van der Waals surface area contributed by atoms with E-state index in [1.807, 2.05) is 37.2 Å². The molecule has 5 heteroatoms. The molecule has 1 heterocycles. The summed E-state index contributed by atoms with van der Waals surface area (Å²) in [7, 11) is 1.36. The summed E-state index contributed by atoms with van der Waals surface area (Å²) in [5.41, 5.74) is 1.37. The molecule has 0 aliphatic carbocycles. The number of carbonyl (C=O) groups is 2. The van der Waals surface area contributed by atoms with E-state index in [-0.39, 0.29) is 30.8 Å². The highest BCUT2D eigenvalue weighted by atomic mass is 16.5. The lowest BCUT2D eigenvalue weighted by Gasteiger charge is -2.28. The molecule has 0 amide bonds. The number of hydrogen-bond donors (Lipinski definition) is 1. The van der Waals surface area contributed by atoms with E-state index in [0.29, 0.717) is 0 Å². The van der Waals surface area contributed by atoms with Gasteiger partial charge in [-0.2, -0.15) is 0 Å². The number of methoxy groups -OCH3 is 1. The van der Waals surface area contributed by atoms with Crippen molar-refractivity contribution in [3.05, 3.63) is 35.8 Å². The Morgan fingerprint density at radius 3 is 2.65 bits per heavy atom. The number of esters is 1. The molecule has 4 nitrogen and oxygen atoms in total. The van der Waals surface area contributed by atoms with Crippen molar-refractivity contribution in [2.24, 2.45) is 5.41 Å². The molecule has 1 N–H and O–H groups in total. The van der Waals surface area contributed by atoms with Gasteiger partial charge in [0.05, 0.1) is 12.5 Å². The fourth-order valence-electron chi connectivity index (χ4n) is 3.04. The number of hydrogen-bond acceptors (Lipinski definition) is 4. The van der Waals surface area contributed by atoms with Gasteiger partial charge in [-0.1, -0.05) is 43.6 Å². The van der Waals surface area contributed by atoms with Gasteiger partial charge in [-0.3, -0.25) is 4.79 Å². The third-order valence-electron chi connectivity index (χ3n) is 4.41. The first kappa shape index (κ1) is 17.3. The van der Waals surface area contributed by atoms with Crippen molar-refractivity contribution in [2.45, 2.75) is 39.4 Å². The highest BCUT2D eigenvalue weighted by molar-refractivity contribution is 6.73. The second-order valence-electron chi connectivity index (χ2n) is 6.65. The molecule has 23 heavy (non-hydrogen) atoms. The fourth-order valence-corrected chi connectivity index (χ4v) is 3.04. The number of ether oxygens (including phenoxy) is 1. The summed E-state index contributed by atoms with van der Waals surface area (Å²) in [6, 6.07) is 8.03. The number of fused-ring (bicyclic) bond motifs is 1.